The summed E-state index contributed by atoms with van der Waals surface area (Å²) in [5.74, 6) is -1.39. The molecule has 1 fully saturated rings. The first-order valence-electron chi connectivity index (χ1n) is 5.75. The molecule has 0 saturated carbocycles. The minimum Gasteiger partial charge on any atom is -0.494 e. The number of methoxy groups -OCH3 is 1. The zero-order valence-electron chi connectivity index (χ0n) is 10.5. The number of rotatable bonds is 3. The Morgan fingerprint density at radius 2 is 2.15 bits per heavy atom. The van der Waals surface area contributed by atoms with Gasteiger partial charge >= 0.3 is 6.18 Å². The van der Waals surface area contributed by atoms with Crippen LogP contribution in [-0.2, 0) is 4.79 Å². The molecule has 4 nitrogen and oxygen atoms in total. The fraction of sp³-hybridized carbons (Fsp3) is 0.417. The lowest BCUT2D eigenvalue weighted by Gasteiger charge is -2.25. The summed E-state index contributed by atoms with van der Waals surface area (Å²) in [6.07, 6.45) is -5.50. The van der Waals surface area contributed by atoms with E-state index in [-0.39, 0.29) is 17.9 Å². The first kappa shape index (κ1) is 14.6. The van der Waals surface area contributed by atoms with Gasteiger partial charge < -0.3 is 9.64 Å². The largest absolute Gasteiger partial charge is 0.494 e. The van der Waals surface area contributed by atoms with Gasteiger partial charge in [-0.3, -0.25) is 10.1 Å². The summed E-state index contributed by atoms with van der Waals surface area (Å²) in [6.45, 7) is -1.59. The number of hydrogen-bond acceptors (Lipinski definition) is 3. The fourth-order valence-corrected chi connectivity index (χ4v) is 2.06. The Bertz CT molecular complexity index is 519. The molecule has 1 N–H and O–H groups in total. The normalized spacial score (nSPS) is 19.6. The highest BCUT2D eigenvalue weighted by molar-refractivity contribution is 5.81. The van der Waals surface area contributed by atoms with Crippen LogP contribution in [0.2, 0.25) is 0 Å². The second kappa shape index (κ2) is 5.28. The molecule has 1 aliphatic heterocycles. The van der Waals surface area contributed by atoms with Crippen molar-refractivity contribution in [2.24, 2.45) is 0 Å². The Labute approximate surface area is 112 Å². The SMILES string of the molecule is COc1ccc(C2NCC(=O)N2CC(F)(F)F)cc1F. The summed E-state index contributed by atoms with van der Waals surface area (Å²) in [6, 6.07) is 3.78. The second-order valence-electron chi connectivity index (χ2n) is 4.31. The minimum absolute atomic E-state index is 0.0135. The van der Waals surface area contributed by atoms with Gasteiger partial charge in [-0.25, -0.2) is 4.39 Å². The van der Waals surface area contributed by atoms with Crippen molar-refractivity contribution in [3.05, 3.63) is 29.6 Å². The van der Waals surface area contributed by atoms with Gasteiger partial charge in [0.05, 0.1) is 13.7 Å². The second-order valence-corrected chi connectivity index (χ2v) is 4.31. The predicted octanol–water partition coefficient (Wildman–Crippen LogP) is 1.83. The van der Waals surface area contributed by atoms with Gasteiger partial charge in [0, 0.05) is 0 Å². The number of hydrogen-bond donors (Lipinski definition) is 1. The van der Waals surface area contributed by atoms with E-state index in [1.54, 1.807) is 0 Å². The number of alkyl halides is 3. The van der Waals surface area contributed by atoms with Gasteiger partial charge in [0.15, 0.2) is 11.6 Å². The van der Waals surface area contributed by atoms with E-state index in [1.165, 1.54) is 19.2 Å². The Morgan fingerprint density at radius 3 is 2.70 bits per heavy atom. The van der Waals surface area contributed by atoms with E-state index >= 15 is 0 Å². The molecule has 0 radical (unpaired) electrons. The zero-order chi connectivity index (χ0) is 14.9. The molecule has 1 heterocycles. The molecule has 1 aromatic carbocycles. The molecular weight excluding hydrogens is 280 g/mol. The highest BCUT2D eigenvalue weighted by atomic mass is 19.4. The Balaban J connectivity index is 2.26. The monoisotopic (exact) mass is 292 g/mol. The number of benzene rings is 1. The van der Waals surface area contributed by atoms with Crippen LogP contribution in [0.25, 0.3) is 0 Å². The summed E-state index contributed by atoms with van der Waals surface area (Å²) < 4.78 is 55.7. The van der Waals surface area contributed by atoms with Crippen LogP contribution in [0.1, 0.15) is 11.7 Å². The third-order valence-corrected chi connectivity index (χ3v) is 2.92. The zero-order valence-corrected chi connectivity index (χ0v) is 10.5. The van der Waals surface area contributed by atoms with E-state index in [2.05, 4.69) is 5.32 Å². The lowest BCUT2D eigenvalue weighted by atomic mass is 10.1. The van der Waals surface area contributed by atoms with E-state index in [1.807, 2.05) is 0 Å². The van der Waals surface area contributed by atoms with Gasteiger partial charge in [-0.15, -0.1) is 0 Å². The summed E-state index contributed by atoms with van der Waals surface area (Å²) in [7, 11) is 1.28. The number of carbonyl (C=O) groups is 1. The summed E-state index contributed by atoms with van der Waals surface area (Å²) in [5, 5.41) is 2.63. The standard InChI is InChI=1S/C12H12F4N2O2/c1-20-9-3-2-7(4-8(9)13)11-17-5-10(19)18(11)6-12(14,15)16/h2-4,11,17H,5-6H2,1H3. The fourth-order valence-electron chi connectivity index (χ4n) is 2.06. The van der Waals surface area contributed by atoms with Crippen molar-refractivity contribution in [1.29, 1.82) is 0 Å². The van der Waals surface area contributed by atoms with Crippen LogP contribution in [-0.4, -0.2) is 37.2 Å². The Morgan fingerprint density at radius 1 is 1.45 bits per heavy atom. The van der Waals surface area contributed by atoms with E-state index in [4.69, 9.17) is 4.74 Å². The molecule has 0 spiro atoms. The van der Waals surface area contributed by atoms with Crippen molar-refractivity contribution in [1.82, 2.24) is 10.2 Å². The predicted molar refractivity (Wildman–Crippen MR) is 61.5 cm³/mol. The molecule has 110 valence electrons. The summed E-state index contributed by atoms with van der Waals surface area (Å²) in [5.41, 5.74) is 0.235. The molecule has 20 heavy (non-hydrogen) atoms. The minimum atomic E-state index is -4.51. The highest BCUT2D eigenvalue weighted by Crippen LogP contribution is 2.29. The highest BCUT2D eigenvalue weighted by Gasteiger charge is 2.40. The van der Waals surface area contributed by atoms with Crippen molar-refractivity contribution in [3.63, 3.8) is 0 Å². The number of nitrogens with zero attached hydrogens (tertiary/aromatic N) is 1. The van der Waals surface area contributed by atoms with Gasteiger partial charge in [-0.05, 0) is 17.7 Å². The first-order valence-corrected chi connectivity index (χ1v) is 5.75. The van der Waals surface area contributed by atoms with Gasteiger partial charge in [-0.2, -0.15) is 13.2 Å². The van der Waals surface area contributed by atoms with Crippen LogP contribution in [0.5, 0.6) is 5.75 Å². The van der Waals surface area contributed by atoms with Crippen molar-refractivity contribution in [2.45, 2.75) is 12.3 Å². The number of amides is 1. The quantitative estimate of drug-likeness (QED) is 0.864. The molecule has 1 atom stereocenters. The number of halogens is 4. The molecule has 0 aromatic heterocycles. The molecule has 0 aliphatic carbocycles. The van der Waals surface area contributed by atoms with Crippen LogP contribution in [0, 0.1) is 5.82 Å². The molecule has 0 bridgehead atoms. The summed E-state index contributed by atoms with van der Waals surface area (Å²) in [4.78, 5) is 12.1. The smallest absolute Gasteiger partial charge is 0.406 e. The van der Waals surface area contributed by atoms with Crippen LogP contribution < -0.4 is 10.1 Å². The van der Waals surface area contributed by atoms with Crippen LogP contribution in [0.3, 0.4) is 0 Å². The lowest BCUT2D eigenvalue weighted by Crippen LogP contribution is -2.38. The maximum absolute atomic E-state index is 13.6. The van der Waals surface area contributed by atoms with E-state index in [0.29, 0.717) is 4.90 Å². The third-order valence-electron chi connectivity index (χ3n) is 2.92. The third kappa shape index (κ3) is 3.01. The molecule has 1 saturated heterocycles. The molecule has 1 amide bonds. The maximum Gasteiger partial charge on any atom is 0.406 e. The number of carbonyl (C=O) groups excluding carboxylic acids is 1. The average Bonchev–Trinajstić information content (AvgIpc) is 2.69. The van der Waals surface area contributed by atoms with Gasteiger partial charge in [0.2, 0.25) is 5.91 Å². The van der Waals surface area contributed by atoms with E-state index < -0.39 is 30.6 Å². The van der Waals surface area contributed by atoms with E-state index in [9.17, 15) is 22.4 Å². The van der Waals surface area contributed by atoms with Crippen molar-refractivity contribution in [2.75, 3.05) is 20.2 Å². The van der Waals surface area contributed by atoms with Crippen LogP contribution in [0.15, 0.2) is 18.2 Å². The Kier molecular flexibility index (Phi) is 3.85. The molecule has 8 heteroatoms. The topological polar surface area (TPSA) is 41.6 Å². The summed E-state index contributed by atoms with van der Waals surface area (Å²) >= 11 is 0. The first-order chi connectivity index (χ1) is 9.31. The van der Waals surface area contributed by atoms with Gasteiger partial charge in [-0.1, -0.05) is 6.07 Å². The molecule has 1 unspecified atom stereocenters. The van der Waals surface area contributed by atoms with Crippen molar-refractivity contribution < 1.29 is 27.1 Å². The van der Waals surface area contributed by atoms with Crippen LogP contribution >= 0.6 is 0 Å². The number of ether oxygens (including phenoxy) is 1. The van der Waals surface area contributed by atoms with E-state index in [0.717, 1.165) is 6.07 Å². The number of nitrogens with one attached hydrogen (secondary N) is 1. The van der Waals surface area contributed by atoms with Gasteiger partial charge in [0.1, 0.15) is 12.7 Å². The maximum atomic E-state index is 13.6. The van der Waals surface area contributed by atoms with Crippen molar-refractivity contribution in [3.8, 4) is 5.75 Å². The molecular formula is C12H12F4N2O2. The average molecular weight is 292 g/mol. The molecule has 1 aliphatic rings. The molecule has 2 rings (SSSR count). The lowest BCUT2D eigenvalue weighted by molar-refractivity contribution is -0.161. The van der Waals surface area contributed by atoms with Crippen molar-refractivity contribution >= 4 is 5.91 Å². The Hall–Kier alpha value is -1.83. The van der Waals surface area contributed by atoms with Crippen LogP contribution in [0.4, 0.5) is 17.6 Å². The molecule has 1 aromatic rings. The van der Waals surface area contributed by atoms with Gasteiger partial charge in [0.25, 0.3) is 0 Å².